The number of hydrogen-bond donors (Lipinski definition) is 0. The smallest absolute Gasteiger partial charge is 0.324 e. The molecule has 1 aromatic carbocycles. The second-order valence-corrected chi connectivity index (χ2v) is 6.50. The fourth-order valence-electron chi connectivity index (χ4n) is 2.28. The number of carbonyl (C=O) groups excluding carboxylic acids is 1. The molecule has 0 spiro atoms. The van der Waals surface area contributed by atoms with Crippen LogP contribution < -0.4 is 0 Å². The molecule has 2 aromatic rings. The fraction of sp³-hybridized carbons (Fsp3) is 0.353. The second-order valence-electron chi connectivity index (χ2n) is 5.18. The maximum absolute atomic E-state index is 14.4. The first-order valence-corrected chi connectivity index (χ1v) is 8.86. The highest BCUT2D eigenvalue weighted by molar-refractivity contribution is 6.34. The minimum absolute atomic E-state index is 0.0931. The first-order valence-electron chi connectivity index (χ1n) is 7.67. The Balaban J connectivity index is 2.43. The summed E-state index contributed by atoms with van der Waals surface area (Å²) in [6, 6.07) is 2.66. The van der Waals surface area contributed by atoms with Gasteiger partial charge in [-0.1, -0.05) is 30.1 Å². The molecule has 1 unspecified atom stereocenters. The van der Waals surface area contributed by atoms with Crippen LogP contribution in [0.15, 0.2) is 18.5 Å². The molecule has 4 nitrogen and oxygen atoms in total. The van der Waals surface area contributed by atoms with Crippen LogP contribution in [0, 0.1) is 5.82 Å². The maximum atomic E-state index is 14.4. The van der Waals surface area contributed by atoms with Crippen LogP contribution in [0.4, 0.5) is 4.39 Å². The van der Waals surface area contributed by atoms with Gasteiger partial charge in [0.15, 0.2) is 0 Å². The van der Waals surface area contributed by atoms with E-state index in [0.29, 0.717) is 17.7 Å². The van der Waals surface area contributed by atoms with Gasteiger partial charge in [0.25, 0.3) is 0 Å². The zero-order valence-corrected chi connectivity index (χ0v) is 15.9. The molecule has 0 fully saturated rings. The van der Waals surface area contributed by atoms with E-state index < -0.39 is 17.2 Å². The number of halogens is 4. The molecular weight excluding hydrogens is 390 g/mol. The number of aromatic nitrogens is 2. The Hall–Kier alpha value is -1.43. The van der Waals surface area contributed by atoms with Crippen LogP contribution >= 0.6 is 34.8 Å². The number of nitrogens with zero attached hydrogens (tertiary/aromatic N) is 2. The summed E-state index contributed by atoms with van der Waals surface area (Å²) in [7, 11) is 0. The van der Waals surface area contributed by atoms with Crippen LogP contribution in [0.3, 0.4) is 0 Å². The molecule has 0 radical (unpaired) electrons. The molecule has 1 atom stereocenters. The van der Waals surface area contributed by atoms with Crippen LogP contribution in [0.2, 0.25) is 10.0 Å². The van der Waals surface area contributed by atoms with Crippen molar-refractivity contribution in [3.8, 4) is 11.3 Å². The van der Waals surface area contributed by atoms with Crippen LogP contribution in [-0.2, 0) is 22.4 Å². The third-order valence-electron chi connectivity index (χ3n) is 3.53. The molecule has 25 heavy (non-hydrogen) atoms. The Morgan fingerprint density at radius 2 is 2.00 bits per heavy atom. The van der Waals surface area contributed by atoms with Crippen molar-refractivity contribution in [2.75, 3.05) is 6.61 Å². The molecular formula is C17H16Cl3FN2O2. The lowest BCUT2D eigenvalue weighted by molar-refractivity contribution is -0.142. The maximum Gasteiger partial charge on any atom is 0.324 e. The summed E-state index contributed by atoms with van der Waals surface area (Å²) in [6.07, 6.45) is 2.01. The zero-order valence-electron chi connectivity index (χ0n) is 13.7. The number of benzene rings is 1. The van der Waals surface area contributed by atoms with Crippen LogP contribution in [-0.4, -0.2) is 27.9 Å². The van der Waals surface area contributed by atoms with Crippen molar-refractivity contribution in [3.05, 3.63) is 45.6 Å². The van der Waals surface area contributed by atoms with E-state index in [-0.39, 0.29) is 34.3 Å². The van der Waals surface area contributed by atoms with Crippen molar-refractivity contribution < 1.29 is 13.9 Å². The Labute approximate surface area is 160 Å². The van der Waals surface area contributed by atoms with Gasteiger partial charge in [0.05, 0.1) is 23.0 Å². The van der Waals surface area contributed by atoms with E-state index in [1.54, 1.807) is 6.92 Å². The molecule has 0 saturated carbocycles. The van der Waals surface area contributed by atoms with E-state index in [0.717, 1.165) is 6.07 Å². The van der Waals surface area contributed by atoms with Gasteiger partial charge in [-0.25, -0.2) is 14.4 Å². The summed E-state index contributed by atoms with van der Waals surface area (Å²) in [5.41, 5.74) is 1.56. The Bertz CT molecular complexity index is 787. The number of hydrogen-bond acceptors (Lipinski definition) is 4. The number of rotatable bonds is 6. The molecule has 0 aliphatic heterocycles. The van der Waals surface area contributed by atoms with Crippen molar-refractivity contribution in [1.29, 1.82) is 0 Å². The molecule has 0 aliphatic carbocycles. The minimum Gasteiger partial charge on any atom is -0.465 e. The van der Waals surface area contributed by atoms with Crippen LogP contribution in [0.5, 0.6) is 0 Å². The van der Waals surface area contributed by atoms with Gasteiger partial charge >= 0.3 is 5.97 Å². The summed E-state index contributed by atoms with van der Waals surface area (Å²) >= 11 is 18.4. The third-order valence-corrected chi connectivity index (χ3v) is 4.61. The van der Waals surface area contributed by atoms with Crippen molar-refractivity contribution in [1.82, 2.24) is 9.97 Å². The topological polar surface area (TPSA) is 52.1 Å². The first kappa shape index (κ1) is 19.9. The van der Waals surface area contributed by atoms with Gasteiger partial charge < -0.3 is 4.74 Å². The lowest BCUT2D eigenvalue weighted by Gasteiger charge is -2.13. The van der Waals surface area contributed by atoms with Crippen molar-refractivity contribution in [2.45, 2.75) is 32.1 Å². The molecule has 0 saturated heterocycles. The average molecular weight is 406 g/mol. The molecule has 0 aliphatic rings. The molecule has 0 N–H and O–H groups in total. The first-order chi connectivity index (χ1) is 11.9. The summed E-state index contributed by atoms with van der Waals surface area (Å²) in [5.74, 6) is -1.13. The van der Waals surface area contributed by atoms with E-state index >= 15 is 0 Å². The number of aryl methyl sites for hydroxylation is 1. The predicted octanol–water partition coefficient (Wildman–Crippen LogP) is 4.86. The van der Waals surface area contributed by atoms with Crippen molar-refractivity contribution in [3.63, 3.8) is 0 Å². The lowest BCUT2D eigenvalue weighted by Crippen LogP contribution is -2.20. The molecule has 0 amide bonds. The summed E-state index contributed by atoms with van der Waals surface area (Å²) in [4.78, 5) is 19.9. The average Bonchev–Trinajstić information content (AvgIpc) is 2.58. The van der Waals surface area contributed by atoms with Crippen molar-refractivity contribution >= 4 is 40.8 Å². The summed E-state index contributed by atoms with van der Waals surface area (Å²) < 4.78 is 19.3. The molecule has 134 valence electrons. The standard InChI is InChI=1S/C17H16Cl3FN2O2/c1-3-14-15(20)16(23-8-22-14)10-5-9(11(18)7-13(10)21)6-12(19)17(24)25-4-2/h5,7-8,12H,3-4,6H2,1-2H3. The van der Waals surface area contributed by atoms with E-state index in [1.807, 2.05) is 6.92 Å². The highest BCUT2D eigenvalue weighted by atomic mass is 35.5. The van der Waals surface area contributed by atoms with Gasteiger partial charge in [-0.15, -0.1) is 11.6 Å². The van der Waals surface area contributed by atoms with E-state index in [9.17, 15) is 9.18 Å². The highest BCUT2D eigenvalue weighted by Crippen LogP contribution is 2.33. The molecule has 8 heteroatoms. The molecule has 1 aromatic heterocycles. The monoisotopic (exact) mass is 404 g/mol. The largest absolute Gasteiger partial charge is 0.465 e. The van der Waals surface area contributed by atoms with Gasteiger partial charge in [-0.2, -0.15) is 0 Å². The summed E-state index contributed by atoms with van der Waals surface area (Å²) in [6.45, 7) is 3.80. The molecule has 1 heterocycles. The predicted molar refractivity (Wildman–Crippen MR) is 96.8 cm³/mol. The SMILES string of the molecule is CCOC(=O)C(Cl)Cc1cc(-c2ncnc(CC)c2Cl)c(F)cc1Cl. The number of carbonyl (C=O) groups is 1. The van der Waals surface area contributed by atoms with Gasteiger partial charge in [0.1, 0.15) is 17.5 Å². The zero-order chi connectivity index (χ0) is 18.6. The lowest BCUT2D eigenvalue weighted by atomic mass is 10.0. The van der Waals surface area contributed by atoms with Gasteiger partial charge in [0, 0.05) is 17.0 Å². The summed E-state index contributed by atoms with van der Waals surface area (Å²) in [5, 5.41) is -0.482. The second kappa shape index (κ2) is 8.79. The van der Waals surface area contributed by atoms with Crippen LogP contribution in [0.25, 0.3) is 11.3 Å². The number of esters is 1. The van der Waals surface area contributed by atoms with Gasteiger partial charge in [-0.05, 0) is 31.0 Å². The third kappa shape index (κ3) is 4.60. The van der Waals surface area contributed by atoms with Crippen LogP contribution in [0.1, 0.15) is 25.1 Å². The number of alkyl halides is 1. The van der Waals surface area contributed by atoms with E-state index in [1.165, 1.54) is 12.4 Å². The van der Waals surface area contributed by atoms with Gasteiger partial charge in [0.2, 0.25) is 0 Å². The quantitative estimate of drug-likeness (QED) is 0.508. The normalized spacial score (nSPS) is 12.1. The molecule has 2 rings (SSSR count). The van der Waals surface area contributed by atoms with E-state index in [4.69, 9.17) is 39.5 Å². The Kier molecular flexibility index (Phi) is 6.99. The molecule has 0 bridgehead atoms. The van der Waals surface area contributed by atoms with E-state index in [2.05, 4.69) is 9.97 Å². The Morgan fingerprint density at radius 3 is 2.64 bits per heavy atom. The number of ether oxygens (including phenoxy) is 1. The fourth-order valence-corrected chi connectivity index (χ4v) is 3.07. The highest BCUT2D eigenvalue weighted by Gasteiger charge is 2.21. The minimum atomic E-state index is -0.928. The Morgan fingerprint density at radius 1 is 1.28 bits per heavy atom. The van der Waals surface area contributed by atoms with Gasteiger partial charge in [-0.3, -0.25) is 4.79 Å². The van der Waals surface area contributed by atoms with Crippen molar-refractivity contribution in [2.24, 2.45) is 0 Å².